The molecule has 2 nitrogen and oxygen atoms in total. The second-order valence-electron chi connectivity index (χ2n) is 5.24. The van der Waals surface area contributed by atoms with Gasteiger partial charge in [-0.25, -0.2) is 0 Å². The van der Waals surface area contributed by atoms with Crippen LogP contribution in [-0.2, 0) is 0 Å². The fraction of sp³-hybridized carbons (Fsp3) is 0.263. The third kappa shape index (κ3) is 3.88. The molecule has 21 heavy (non-hydrogen) atoms. The Kier molecular flexibility index (Phi) is 5.04. The molecule has 0 fully saturated rings. The average Bonchev–Trinajstić information content (AvgIpc) is 2.53. The molecule has 0 radical (unpaired) electrons. The summed E-state index contributed by atoms with van der Waals surface area (Å²) in [5, 5.41) is 0. The SMILES string of the molecule is CCCCC(=O)c1ccc(-c2ccc(C(C)=O)cc2)cc1. The minimum atomic E-state index is 0.0680. The van der Waals surface area contributed by atoms with Crippen LogP contribution in [0.1, 0.15) is 53.8 Å². The molecule has 0 N–H and O–H groups in total. The Balaban J connectivity index is 2.14. The Morgan fingerprint density at radius 1 is 0.810 bits per heavy atom. The van der Waals surface area contributed by atoms with Crippen LogP contribution in [0.25, 0.3) is 11.1 Å². The summed E-state index contributed by atoms with van der Waals surface area (Å²) < 4.78 is 0. The highest BCUT2D eigenvalue weighted by atomic mass is 16.1. The second-order valence-corrected chi connectivity index (χ2v) is 5.24. The first-order chi connectivity index (χ1) is 10.1. The molecule has 0 atom stereocenters. The first-order valence-corrected chi connectivity index (χ1v) is 7.36. The number of unbranched alkanes of at least 4 members (excludes halogenated alkanes) is 1. The quantitative estimate of drug-likeness (QED) is 0.703. The van der Waals surface area contributed by atoms with E-state index in [2.05, 4.69) is 6.92 Å². The van der Waals surface area contributed by atoms with Gasteiger partial charge in [0, 0.05) is 17.5 Å². The lowest BCUT2D eigenvalue weighted by molar-refractivity contribution is 0.0978. The number of carbonyl (C=O) groups is 2. The normalized spacial score (nSPS) is 10.4. The lowest BCUT2D eigenvalue weighted by Gasteiger charge is -2.05. The Bertz CT molecular complexity index is 622. The Morgan fingerprint density at radius 3 is 1.71 bits per heavy atom. The van der Waals surface area contributed by atoms with Gasteiger partial charge in [-0.1, -0.05) is 61.9 Å². The van der Waals surface area contributed by atoms with E-state index in [4.69, 9.17) is 0 Å². The van der Waals surface area contributed by atoms with E-state index in [0.29, 0.717) is 12.0 Å². The van der Waals surface area contributed by atoms with Gasteiger partial charge in [0.05, 0.1) is 0 Å². The molecular weight excluding hydrogens is 260 g/mol. The van der Waals surface area contributed by atoms with Gasteiger partial charge in [-0.2, -0.15) is 0 Å². The lowest BCUT2D eigenvalue weighted by Crippen LogP contribution is -1.98. The molecule has 0 aliphatic carbocycles. The van der Waals surface area contributed by atoms with Crippen LogP contribution in [0.3, 0.4) is 0 Å². The minimum Gasteiger partial charge on any atom is -0.295 e. The maximum Gasteiger partial charge on any atom is 0.162 e. The largest absolute Gasteiger partial charge is 0.295 e. The van der Waals surface area contributed by atoms with Gasteiger partial charge < -0.3 is 0 Å². The molecule has 108 valence electrons. The maximum atomic E-state index is 11.9. The lowest BCUT2D eigenvalue weighted by atomic mass is 9.99. The van der Waals surface area contributed by atoms with Gasteiger partial charge in [0.15, 0.2) is 11.6 Å². The van der Waals surface area contributed by atoms with Gasteiger partial charge in [-0.05, 0) is 24.5 Å². The van der Waals surface area contributed by atoms with Crippen molar-refractivity contribution in [1.29, 1.82) is 0 Å². The predicted molar refractivity (Wildman–Crippen MR) is 85.7 cm³/mol. The van der Waals surface area contributed by atoms with Crippen LogP contribution >= 0.6 is 0 Å². The summed E-state index contributed by atoms with van der Waals surface area (Å²) in [6, 6.07) is 15.2. The van der Waals surface area contributed by atoms with Gasteiger partial charge in [0.25, 0.3) is 0 Å². The van der Waals surface area contributed by atoms with E-state index >= 15 is 0 Å². The fourth-order valence-electron chi connectivity index (χ4n) is 2.23. The summed E-state index contributed by atoms with van der Waals surface area (Å²) in [5.74, 6) is 0.272. The minimum absolute atomic E-state index is 0.0680. The van der Waals surface area contributed by atoms with Crippen molar-refractivity contribution >= 4 is 11.6 Å². The van der Waals surface area contributed by atoms with Crippen LogP contribution in [0.15, 0.2) is 48.5 Å². The summed E-state index contributed by atoms with van der Waals surface area (Å²) in [6.45, 7) is 3.65. The summed E-state index contributed by atoms with van der Waals surface area (Å²) in [4.78, 5) is 23.2. The predicted octanol–water partition coefficient (Wildman–Crippen LogP) is 4.93. The third-order valence-corrected chi connectivity index (χ3v) is 3.59. The highest BCUT2D eigenvalue weighted by Crippen LogP contribution is 2.21. The zero-order chi connectivity index (χ0) is 15.2. The van der Waals surface area contributed by atoms with E-state index < -0.39 is 0 Å². The first-order valence-electron chi connectivity index (χ1n) is 7.36. The van der Waals surface area contributed by atoms with Crippen molar-refractivity contribution in [3.8, 4) is 11.1 Å². The number of hydrogen-bond acceptors (Lipinski definition) is 2. The monoisotopic (exact) mass is 280 g/mol. The van der Waals surface area contributed by atoms with Crippen molar-refractivity contribution in [2.24, 2.45) is 0 Å². The number of carbonyl (C=O) groups excluding carboxylic acids is 2. The number of hydrogen-bond donors (Lipinski definition) is 0. The zero-order valence-corrected chi connectivity index (χ0v) is 12.6. The summed E-state index contributed by atoms with van der Waals surface area (Å²) >= 11 is 0. The fourth-order valence-corrected chi connectivity index (χ4v) is 2.23. The second kappa shape index (κ2) is 6.98. The number of benzene rings is 2. The third-order valence-electron chi connectivity index (χ3n) is 3.59. The van der Waals surface area contributed by atoms with Crippen LogP contribution in [0.5, 0.6) is 0 Å². The van der Waals surface area contributed by atoms with Crippen LogP contribution in [0, 0.1) is 0 Å². The highest BCUT2D eigenvalue weighted by Gasteiger charge is 2.06. The molecule has 0 saturated carbocycles. The molecule has 2 aromatic rings. The highest BCUT2D eigenvalue weighted by molar-refractivity contribution is 5.96. The Morgan fingerprint density at radius 2 is 1.29 bits per heavy atom. The average molecular weight is 280 g/mol. The van der Waals surface area contributed by atoms with Gasteiger partial charge in [-0.3, -0.25) is 9.59 Å². The molecule has 0 saturated heterocycles. The molecule has 0 aromatic heterocycles. The summed E-state index contributed by atoms with van der Waals surface area (Å²) in [5.41, 5.74) is 3.59. The molecule has 0 amide bonds. The van der Waals surface area contributed by atoms with Crippen molar-refractivity contribution in [2.45, 2.75) is 33.1 Å². The maximum absolute atomic E-state index is 11.9. The van der Waals surface area contributed by atoms with Crippen molar-refractivity contribution in [1.82, 2.24) is 0 Å². The molecule has 0 aliphatic rings. The van der Waals surface area contributed by atoms with Gasteiger partial charge in [0.1, 0.15) is 0 Å². The molecule has 2 aromatic carbocycles. The van der Waals surface area contributed by atoms with Gasteiger partial charge in [0.2, 0.25) is 0 Å². The van der Waals surface area contributed by atoms with E-state index in [1.54, 1.807) is 6.92 Å². The molecule has 0 aliphatic heterocycles. The zero-order valence-electron chi connectivity index (χ0n) is 12.6. The molecule has 0 unspecified atom stereocenters. The molecule has 2 heteroatoms. The number of Topliss-reactive ketones (excluding diaryl/α,β-unsaturated/α-hetero) is 2. The van der Waals surface area contributed by atoms with Crippen molar-refractivity contribution < 1.29 is 9.59 Å². The summed E-state index contributed by atoms with van der Waals surface area (Å²) in [6.07, 6.45) is 2.59. The topological polar surface area (TPSA) is 34.1 Å². The number of rotatable bonds is 6. The van der Waals surface area contributed by atoms with Crippen molar-refractivity contribution in [2.75, 3.05) is 0 Å². The van der Waals surface area contributed by atoms with Crippen LogP contribution in [0.4, 0.5) is 0 Å². The first kappa shape index (κ1) is 15.2. The number of ketones is 2. The van der Waals surface area contributed by atoms with Crippen LogP contribution < -0.4 is 0 Å². The summed E-state index contributed by atoms with van der Waals surface area (Å²) in [7, 11) is 0. The van der Waals surface area contributed by atoms with Crippen LogP contribution in [0.2, 0.25) is 0 Å². The molecule has 0 spiro atoms. The smallest absolute Gasteiger partial charge is 0.162 e. The Hall–Kier alpha value is -2.22. The van der Waals surface area contributed by atoms with E-state index in [1.165, 1.54) is 0 Å². The van der Waals surface area contributed by atoms with E-state index in [-0.39, 0.29) is 11.6 Å². The standard InChI is InChI=1S/C19H20O2/c1-3-4-5-19(21)18-12-10-17(11-13-18)16-8-6-15(7-9-16)14(2)20/h6-13H,3-5H2,1-2H3. The van der Waals surface area contributed by atoms with E-state index in [9.17, 15) is 9.59 Å². The molecular formula is C19H20O2. The van der Waals surface area contributed by atoms with E-state index in [0.717, 1.165) is 29.5 Å². The molecule has 0 bridgehead atoms. The van der Waals surface area contributed by atoms with Crippen molar-refractivity contribution in [3.05, 3.63) is 59.7 Å². The van der Waals surface area contributed by atoms with Crippen molar-refractivity contribution in [3.63, 3.8) is 0 Å². The Labute approximate surface area is 125 Å². The molecule has 2 rings (SSSR count). The van der Waals surface area contributed by atoms with Gasteiger partial charge in [-0.15, -0.1) is 0 Å². The van der Waals surface area contributed by atoms with E-state index in [1.807, 2.05) is 48.5 Å². The van der Waals surface area contributed by atoms with Gasteiger partial charge >= 0.3 is 0 Å². The molecule has 0 heterocycles. The van der Waals surface area contributed by atoms with Crippen LogP contribution in [-0.4, -0.2) is 11.6 Å².